The highest BCUT2D eigenvalue weighted by Crippen LogP contribution is 2.29. The van der Waals surface area contributed by atoms with Gasteiger partial charge < -0.3 is 4.90 Å². The molecule has 0 saturated heterocycles. The van der Waals surface area contributed by atoms with Crippen LogP contribution in [0.1, 0.15) is 41.8 Å². The summed E-state index contributed by atoms with van der Waals surface area (Å²) in [5.41, 5.74) is 3.63. The summed E-state index contributed by atoms with van der Waals surface area (Å²) < 4.78 is 27.3. The highest BCUT2D eigenvalue weighted by Gasteiger charge is 2.25. The number of sulfonamides is 1. The number of nitrogens with zero attached hydrogens (tertiary/aromatic N) is 1. The zero-order valence-corrected chi connectivity index (χ0v) is 16.1. The van der Waals surface area contributed by atoms with Crippen LogP contribution >= 0.6 is 0 Å². The lowest BCUT2D eigenvalue weighted by Gasteiger charge is -2.30. The van der Waals surface area contributed by atoms with Gasteiger partial charge >= 0.3 is 0 Å². The van der Waals surface area contributed by atoms with E-state index in [2.05, 4.69) is 10.8 Å². The number of carbonyl (C=O) groups excluding carboxylic acids is 1. The zero-order valence-electron chi connectivity index (χ0n) is 15.3. The van der Waals surface area contributed by atoms with Crippen molar-refractivity contribution in [3.8, 4) is 0 Å². The number of anilines is 1. The Labute approximate surface area is 155 Å². The molecule has 1 amide bonds. The maximum atomic E-state index is 13.1. The smallest absolute Gasteiger partial charge is 0.258 e. The molecular formula is C20H24N2O3S. The Balaban J connectivity index is 1.94. The molecule has 0 aromatic heterocycles. The molecule has 1 heterocycles. The minimum Gasteiger partial charge on any atom is -0.308 e. The number of hydrogen-bond acceptors (Lipinski definition) is 3. The fourth-order valence-electron chi connectivity index (χ4n) is 3.27. The molecule has 0 aliphatic carbocycles. The van der Waals surface area contributed by atoms with Crippen LogP contribution in [-0.2, 0) is 16.4 Å². The van der Waals surface area contributed by atoms with Gasteiger partial charge in [0, 0.05) is 23.8 Å². The first-order valence-electron chi connectivity index (χ1n) is 8.82. The van der Waals surface area contributed by atoms with Gasteiger partial charge in [0.1, 0.15) is 0 Å². The largest absolute Gasteiger partial charge is 0.308 e. The Morgan fingerprint density at radius 3 is 2.65 bits per heavy atom. The summed E-state index contributed by atoms with van der Waals surface area (Å²) in [5.74, 6) is -0.170. The Hall–Kier alpha value is -2.18. The van der Waals surface area contributed by atoms with Crippen LogP contribution in [0.25, 0.3) is 0 Å². The van der Waals surface area contributed by atoms with Crippen molar-refractivity contribution in [1.29, 1.82) is 0 Å². The number of amides is 1. The SMILES string of the molecule is Cc1ccc2c(c1)CCCN2C(=O)c1cccc(S(=O)(=O)NC(C)C)c1. The normalized spacial score (nSPS) is 14.4. The number of hydrogen-bond donors (Lipinski definition) is 1. The molecule has 1 aliphatic heterocycles. The summed E-state index contributed by atoms with van der Waals surface area (Å²) in [7, 11) is -3.63. The van der Waals surface area contributed by atoms with E-state index in [0.717, 1.165) is 24.1 Å². The molecule has 0 unspecified atom stereocenters. The molecule has 0 radical (unpaired) electrons. The third-order valence-electron chi connectivity index (χ3n) is 4.38. The van der Waals surface area contributed by atoms with Gasteiger partial charge in [-0.3, -0.25) is 4.79 Å². The predicted molar refractivity (Wildman–Crippen MR) is 103 cm³/mol. The minimum absolute atomic E-state index is 0.109. The molecule has 5 nitrogen and oxygen atoms in total. The number of fused-ring (bicyclic) bond motifs is 1. The summed E-state index contributed by atoms with van der Waals surface area (Å²) in [6, 6.07) is 12.1. The molecule has 0 spiro atoms. The van der Waals surface area contributed by atoms with Gasteiger partial charge in [0.2, 0.25) is 10.0 Å². The number of benzene rings is 2. The van der Waals surface area contributed by atoms with E-state index in [9.17, 15) is 13.2 Å². The van der Waals surface area contributed by atoms with Gasteiger partial charge in [-0.05, 0) is 63.4 Å². The van der Waals surface area contributed by atoms with Gasteiger partial charge in [-0.1, -0.05) is 23.8 Å². The highest BCUT2D eigenvalue weighted by molar-refractivity contribution is 7.89. The average molecular weight is 372 g/mol. The highest BCUT2D eigenvalue weighted by atomic mass is 32.2. The molecular weight excluding hydrogens is 348 g/mol. The summed E-state index contributed by atoms with van der Waals surface area (Å²) in [4.78, 5) is 14.9. The van der Waals surface area contributed by atoms with Gasteiger partial charge in [0.25, 0.3) is 5.91 Å². The lowest BCUT2D eigenvalue weighted by Crippen LogP contribution is -2.36. The first-order valence-corrected chi connectivity index (χ1v) is 10.3. The third kappa shape index (κ3) is 3.81. The van der Waals surface area contributed by atoms with E-state index in [1.54, 1.807) is 30.9 Å². The topological polar surface area (TPSA) is 66.5 Å². The zero-order chi connectivity index (χ0) is 18.9. The Kier molecular flexibility index (Phi) is 5.16. The number of nitrogens with one attached hydrogen (secondary N) is 1. The molecule has 138 valence electrons. The lowest BCUT2D eigenvalue weighted by molar-refractivity contribution is 0.0985. The maximum absolute atomic E-state index is 13.1. The van der Waals surface area contributed by atoms with E-state index in [1.165, 1.54) is 17.7 Å². The Morgan fingerprint density at radius 1 is 1.15 bits per heavy atom. The molecule has 0 atom stereocenters. The summed E-state index contributed by atoms with van der Waals surface area (Å²) in [6.07, 6.45) is 1.85. The molecule has 0 fully saturated rings. The van der Waals surface area contributed by atoms with Crippen molar-refractivity contribution in [2.75, 3.05) is 11.4 Å². The molecule has 0 saturated carbocycles. The van der Waals surface area contributed by atoms with Gasteiger partial charge in [-0.15, -0.1) is 0 Å². The first-order chi connectivity index (χ1) is 12.3. The van der Waals surface area contributed by atoms with Crippen LogP contribution in [0.5, 0.6) is 0 Å². The summed E-state index contributed by atoms with van der Waals surface area (Å²) >= 11 is 0. The summed E-state index contributed by atoms with van der Waals surface area (Å²) in [6.45, 7) is 6.20. The second-order valence-corrected chi connectivity index (χ2v) is 8.71. The number of aryl methyl sites for hydroxylation is 2. The molecule has 2 aromatic rings. The van der Waals surface area contributed by atoms with Crippen LogP contribution in [0.4, 0.5) is 5.69 Å². The molecule has 1 aliphatic rings. The summed E-state index contributed by atoms with van der Waals surface area (Å²) in [5, 5.41) is 0. The average Bonchev–Trinajstić information content (AvgIpc) is 2.59. The molecule has 1 N–H and O–H groups in total. The standard InChI is InChI=1S/C20H24N2O3S/c1-14(2)21-26(24,25)18-8-4-6-17(13-18)20(23)22-11-5-7-16-12-15(3)9-10-19(16)22/h4,6,8-10,12-14,21H,5,7,11H2,1-3H3. The van der Waals surface area contributed by atoms with Gasteiger partial charge in [0.05, 0.1) is 4.90 Å². The van der Waals surface area contributed by atoms with Crippen LogP contribution in [-0.4, -0.2) is 26.9 Å². The van der Waals surface area contributed by atoms with Crippen molar-refractivity contribution < 1.29 is 13.2 Å². The van der Waals surface area contributed by atoms with Crippen molar-refractivity contribution in [2.24, 2.45) is 0 Å². The number of rotatable bonds is 4. The lowest BCUT2D eigenvalue weighted by atomic mass is 9.99. The van der Waals surface area contributed by atoms with Crippen molar-refractivity contribution in [1.82, 2.24) is 4.72 Å². The van der Waals surface area contributed by atoms with Crippen molar-refractivity contribution in [3.63, 3.8) is 0 Å². The van der Waals surface area contributed by atoms with Gasteiger partial charge in [-0.25, -0.2) is 13.1 Å². The molecule has 0 bridgehead atoms. The van der Waals surface area contributed by atoms with Crippen molar-refractivity contribution >= 4 is 21.6 Å². The van der Waals surface area contributed by atoms with Crippen molar-refractivity contribution in [3.05, 3.63) is 59.2 Å². The third-order valence-corrected chi connectivity index (χ3v) is 6.04. The van der Waals surface area contributed by atoms with E-state index < -0.39 is 10.0 Å². The van der Waals surface area contributed by atoms with E-state index in [1.807, 2.05) is 19.1 Å². The minimum atomic E-state index is -3.63. The molecule has 3 rings (SSSR count). The Morgan fingerprint density at radius 2 is 1.92 bits per heavy atom. The van der Waals surface area contributed by atoms with Crippen LogP contribution in [0.3, 0.4) is 0 Å². The molecule has 2 aromatic carbocycles. The van der Waals surface area contributed by atoms with Crippen LogP contribution < -0.4 is 9.62 Å². The first kappa shape index (κ1) is 18.6. The monoisotopic (exact) mass is 372 g/mol. The van der Waals surface area contributed by atoms with E-state index >= 15 is 0 Å². The maximum Gasteiger partial charge on any atom is 0.258 e. The fraction of sp³-hybridized carbons (Fsp3) is 0.350. The van der Waals surface area contributed by atoms with Gasteiger partial charge in [-0.2, -0.15) is 0 Å². The van der Waals surface area contributed by atoms with E-state index in [0.29, 0.717) is 12.1 Å². The predicted octanol–water partition coefficient (Wildman–Crippen LogP) is 3.27. The van der Waals surface area contributed by atoms with Crippen LogP contribution in [0.15, 0.2) is 47.4 Å². The van der Waals surface area contributed by atoms with Crippen LogP contribution in [0, 0.1) is 6.92 Å². The van der Waals surface area contributed by atoms with Crippen molar-refractivity contribution in [2.45, 2.75) is 44.6 Å². The second kappa shape index (κ2) is 7.21. The number of carbonyl (C=O) groups is 1. The Bertz CT molecular complexity index is 936. The van der Waals surface area contributed by atoms with E-state index in [-0.39, 0.29) is 16.8 Å². The fourth-order valence-corrected chi connectivity index (χ4v) is 4.56. The quantitative estimate of drug-likeness (QED) is 0.896. The van der Waals surface area contributed by atoms with Crippen LogP contribution in [0.2, 0.25) is 0 Å². The second-order valence-electron chi connectivity index (χ2n) is 7.00. The van der Waals surface area contributed by atoms with E-state index in [4.69, 9.17) is 0 Å². The molecule has 6 heteroatoms. The molecule has 26 heavy (non-hydrogen) atoms. The van der Waals surface area contributed by atoms with Gasteiger partial charge in [0.15, 0.2) is 0 Å².